The summed E-state index contributed by atoms with van der Waals surface area (Å²) in [5.74, 6) is 0. The van der Waals surface area contributed by atoms with Crippen molar-refractivity contribution in [1.82, 2.24) is 10.2 Å². The molecular weight excluding hydrogens is 374 g/mol. The average Bonchev–Trinajstić information content (AvgIpc) is 3.22. The van der Waals surface area contributed by atoms with Gasteiger partial charge in [0, 0.05) is 24.4 Å². The molecule has 3 rings (SSSR count). The molecule has 1 aliphatic rings. The number of thiocarbonyl (C=S) groups is 1. The van der Waals surface area contributed by atoms with Gasteiger partial charge >= 0.3 is 0 Å². The molecule has 0 radical (unpaired) electrons. The first-order chi connectivity index (χ1) is 13.3. The minimum atomic E-state index is 0.872. The van der Waals surface area contributed by atoms with Gasteiger partial charge in [-0.05, 0) is 35.6 Å². The molecule has 0 aliphatic carbocycles. The van der Waals surface area contributed by atoms with Crippen molar-refractivity contribution >= 4 is 28.7 Å². The number of hydrogen-bond acceptors (Lipinski definition) is 3. The van der Waals surface area contributed by atoms with Crippen molar-refractivity contribution in [2.24, 2.45) is 0 Å². The Bertz CT molecular complexity index is 657. The topological polar surface area (TPSA) is 28.9 Å². The molecule has 27 heavy (non-hydrogen) atoms. The second kappa shape index (κ2) is 11.4. The van der Waals surface area contributed by atoms with E-state index in [4.69, 9.17) is 17.0 Å². The molecule has 1 aromatic carbocycles. The van der Waals surface area contributed by atoms with Crippen LogP contribution in [0.25, 0.3) is 0 Å². The zero-order valence-electron chi connectivity index (χ0n) is 15.9. The van der Waals surface area contributed by atoms with E-state index in [1.54, 1.807) is 16.2 Å². The molecule has 2 aromatic rings. The molecule has 1 fully saturated rings. The number of ether oxygens (including phenoxy) is 1. The van der Waals surface area contributed by atoms with E-state index in [2.05, 4.69) is 58.1 Å². The first-order valence-electron chi connectivity index (χ1n) is 9.81. The van der Waals surface area contributed by atoms with Crippen LogP contribution in [0, 0.1) is 0 Å². The summed E-state index contributed by atoms with van der Waals surface area (Å²) >= 11 is 7.53. The SMILES string of the molecule is S=C(NCCc1ccccc1)N(CCC[NH+]1CCOCC1)Cc1cccs1. The fraction of sp³-hybridized carbons (Fsp3) is 0.476. The van der Waals surface area contributed by atoms with E-state index in [1.165, 1.54) is 17.0 Å². The highest BCUT2D eigenvalue weighted by Crippen LogP contribution is 2.12. The first-order valence-corrected chi connectivity index (χ1v) is 11.1. The number of nitrogens with zero attached hydrogens (tertiary/aromatic N) is 1. The quantitative estimate of drug-likeness (QED) is 0.626. The number of morpholine rings is 1. The summed E-state index contributed by atoms with van der Waals surface area (Å²) in [6.07, 6.45) is 2.15. The van der Waals surface area contributed by atoms with Crippen LogP contribution in [-0.4, -0.2) is 55.9 Å². The monoisotopic (exact) mass is 404 g/mol. The van der Waals surface area contributed by atoms with Crippen LogP contribution in [0.5, 0.6) is 0 Å². The lowest BCUT2D eigenvalue weighted by molar-refractivity contribution is -0.908. The fourth-order valence-corrected chi connectivity index (χ4v) is 4.32. The summed E-state index contributed by atoms with van der Waals surface area (Å²) in [5, 5.41) is 6.48. The van der Waals surface area contributed by atoms with Crippen LogP contribution in [0.2, 0.25) is 0 Å². The molecule has 6 heteroatoms. The number of hydrogen-bond donors (Lipinski definition) is 2. The second-order valence-corrected chi connectivity index (χ2v) is 8.35. The third-order valence-corrected chi connectivity index (χ3v) is 6.17. The van der Waals surface area contributed by atoms with E-state index in [-0.39, 0.29) is 0 Å². The first kappa shape index (κ1) is 20.3. The minimum absolute atomic E-state index is 0.872. The van der Waals surface area contributed by atoms with Gasteiger partial charge in [-0.25, -0.2) is 0 Å². The predicted octanol–water partition coefficient (Wildman–Crippen LogP) is 1.97. The van der Waals surface area contributed by atoms with Gasteiger partial charge in [-0.3, -0.25) is 0 Å². The smallest absolute Gasteiger partial charge is 0.169 e. The van der Waals surface area contributed by atoms with E-state index in [0.717, 1.165) is 63.9 Å². The Labute approximate surface area is 172 Å². The molecule has 0 atom stereocenters. The Morgan fingerprint density at radius 1 is 1.15 bits per heavy atom. The fourth-order valence-electron chi connectivity index (χ4n) is 3.34. The van der Waals surface area contributed by atoms with Gasteiger partial charge in [0.25, 0.3) is 0 Å². The zero-order chi connectivity index (χ0) is 18.7. The van der Waals surface area contributed by atoms with Crippen LogP contribution in [0.4, 0.5) is 0 Å². The van der Waals surface area contributed by atoms with Crippen molar-refractivity contribution in [3.8, 4) is 0 Å². The molecule has 1 aliphatic heterocycles. The van der Waals surface area contributed by atoms with Gasteiger partial charge in [0.1, 0.15) is 13.1 Å². The van der Waals surface area contributed by atoms with Crippen LogP contribution >= 0.6 is 23.6 Å². The lowest BCUT2D eigenvalue weighted by Gasteiger charge is -2.28. The molecule has 0 unspecified atom stereocenters. The Hall–Kier alpha value is -1.47. The van der Waals surface area contributed by atoms with Gasteiger partial charge in [0.2, 0.25) is 0 Å². The van der Waals surface area contributed by atoms with Crippen LogP contribution in [0.3, 0.4) is 0 Å². The molecule has 146 valence electrons. The highest BCUT2D eigenvalue weighted by molar-refractivity contribution is 7.80. The van der Waals surface area contributed by atoms with Gasteiger partial charge in [-0.15, -0.1) is 11.3 Å². The van der Waals surface area contributed by atoms with Crippen molar-refractivity contribution < 1.29 is 9.64 Å². The Balaban J connectivity index is 1.46. The second-order valence-electron chi connectivity index (χ2n) is 6.93. The van der Waals surface area contributed by atoms with Gasteiger partial charge < -0.3 is 19.9 Å². The minimum Gasteiger partial charge on any atom is -0.370 e. The average molecular weight is 405 g/mol. The summed E-state index contributed by atoms with van der Waals surface area (Å²) in [5.41, 5.74) is 1.34. The molecule has 0 bridgehead atoms. The number of thiophene rings is 1. The predicted molar refractivity (Wildman–Crippen MR) is 116 cm³/mol. The van der Waals surface area contributed by atoms with Gasteiger partial charge in [0.15, 0.2) is 5.11 Å². The molecule has 0 amide bonds. The molecule has 4 nitrogen and oxygen atoms in total. The summed E-state index contributed by atoms with van der Waals surface area (Å²) < 4.78 is 5.46. The van der Waals surface area contributed by atoms with Crippen molar-refractivity contribution in [1.29, 1.82) is 0 Å². The van der Waals surface area contributed by atoms with E-state index in [0.29, 0.717) is 0 Å². The number of quaternary nitrogens is 1. The largest absolute Gasteiger partial charge is 0.370 e. The Morgan fingerprint density at radius 2 is 1.96 bits per heavy atom. The third kappa shape index (κ3) is 7.22. The number of rotatable bonds is 9. The maximum absolute atomic E-state index is 5.73. The van der Waals surface area contributed by atoms with Gasteiger partial charge in [-0.2, -0.15) is 0 Å². The molecule has 2 N–H and O–H groups in total. The summed E-state index contributed by atoms with van der Waals surface area (Å²) in [6, 6.07) is 14.9. The van der Waals surface area contributed by atoms with Gasteiger partial charge in [0.05, 0.1) is 26.3 Å². The molecule has 2 heterocycles. The van der Waals surface area contributed by atoms with E-state index in [9.17, 15) is 0 Å². The highest BCUT2D eigenvalue weighted by atomic mass is 32.1. The van der Waals surface area contributed by atoms with Crippen LogP contribution < -0.4 is 10.2 Å². The lowest BCUT2D eigenvalue weighted by atomic mass is 10.1. The molecule has 0 spiro atoms. The van der Waals surface area contributed by atoms with Crippen molar-refractivity contribution in [2.45, 2.75) is 19.4 Å². The highest BCUT2D eigenvalue weighted by Gasteiger charge is 2.15. The van der Waals surface area contributed by atoms with E-state index >= 15 is 0 Å². The van der Waals surface area contributed by atoms with Gasteiger partial charge in [-0.1, -0.05) is 36.4 Å². The van der Waals surface area contributed by atoms with Crippen molar-refractivity contribution in [3.05, 3.63) is 58.3 Å². The van der Waals surface area contributed by atoms with Crippen LogP contribution in [-0.2, 0) is 17.7 Å². The van der Waals surface area contributed by atoms with Crippen LogP contribution in [0.15, 0.2) is 47.8 Å². The number of benzene rings is 1. The van der Waals surface area contributed by atoms with Crippen molar-refractivity contribution in [2.75, 3.05) is 45.9 Å². The number of nitrogens with one attached hydrogen (secondary N) is 2. The molecule has 0 saturated carbocycles. The van der Waals surface area contributed by atoms with E-state index < -0.39 is 0 Å². The van der Waals surface area contributed by atoms with Crippen LogP contribution in [0.1, 0.15) is 16.9 Å². The summed E-state index contributed by atoms with van der Waals surface area (Å²) in [6.45, 7) is 8.01. The third-order valence-electron chi connectivity index (χ3n) is 4.91. The summed E-state index contributed by atoms with van der Waals surface area (Å²) in [4.78, 5) is 5.34. The Morgan fingerprint density at radius 3 is 2.70 bits per heavy atom. The normalized spacial score (nSPS) is 14.8. The standard InChI is InChI=1S/C21H29N3OS2/c26-21(22-10-9-19-6-2-1-3-7-19)24(18-20-8-4-17-27-20)12-5-11-23-13-15-25-16-14-23/h1-4,6-8,17H,5,9-16,18H2,(H,22,26)/p+1. The maximum Gasteiger partial charge on any atom is 0.169 e. The summed E-state index contributed by atoms with van der Waals surface area (Å²) in [7, 11) is 0. The zero-order valence-corrected chi connectivity index (χ0v) is 17.5. The molecule has 1 saturated heterocycles. The molecule has 1 aromatic heterocycles. The maximum atomic E-state index is 5.73. The van der Waals surface area contributed by atoms with E-state index in [1.807, 2.05) is 0 Å². The molecular formula is C21H30N3OS2+. The lowest BCUT2D eigenvalue weighted by Crippen LogP contribution is -3.14. The van der Waals surface area contributed by atoms with Crippen molar-refractivity contribution in [3.63, 3.8) is 0 Å². The Kier molecular flexibility index (Phi) is 8.55.